The molecule has 0 aliphatic heterocycles. The van der Waals surface area contributed by atoms with Crippen molar-refractivity contribution in [2.75, 3.05) is 6.67 Å². The minimum atomic E-state index is -0.876. The monoisotopic (exact) mass is 317 g/mol. The maximum atomic E-state index is 13.1. The van der Waals surface area contributed by atoms with Gasteiger partial charge in [-0.25, -0.2) is 4.39 Å². The fourth-order valence-corrected chi connectivity index (χ4v) is 2.56. The predicted molar refractivity (Wildman–Crippen MR) is 81.5 cm³/mol. The second kappa shape index (κ2) is 5.83. The number of alkyl halides is 1. The van der Waals surface area contributed by atoms with E-state index < -0.39 is 29.4 Å². The van der Waals surface area contributed by atoms with Crippen LogP contribution in [0.15, 0.2) is 41.2 Å². The summed E-state index contributed by atoms with van der Waals surface area (Å²) in [5.41, 5.74) is -1.27. The van der Waals surface area contributed by atoms with Crippen molar-refractivity contribution in [3.8, 4) is 11.4 Å². The van der Waals surface area contributed by atoms with Crippen molar-refractivity contribution in [1.29, 1.82) is 0 Å². The summed E-state index contributed by atoms with van der Waals surface area (Å²) >= 11 is 0. The van der Waals surface area contributed by atoms with E-state index >= 15 is 0 Å². The van der Waals surface area contributed by atoms with E-state index in [0.29, 0.717) is 18.5 Å². The summed E-state index contributed by atoms with van der Waals surface area (Å²) in [5.74, 6) is -1.21. The molecule has 1 aliphatic carbocycles. The molecule has 1 saturated carbocycles. The van der Waals surface area contributed by atoms with Crippen molar-refractivity contribution in [3.63, 3.8) is 0 Å². The molecule has 6 nitrogen and oxygen atoms in total. The minimum absolute atomic E-state index is 0.298. The summed E-state index contributed by atoms with van der Waals surface area (Å²) in [5, 5.41) is 16.4. The topological polar surface area (TPSA) is 84.2 Å². The van der Waals surface area contributed by atoms with Gasteiger partial charge in [0, 0.05) is 6.07 Å². The lowest BCUT2D eigenvalue weighted by Crippen LogP contribution is -2.55. The van der Waals surface area contributed by atoms with E-state index in [4.69, 9.17) is 0 Å². The summed E-state index contributed by atoms with van der Waals surface area (Å²) in [7, 11) is 0. The van der Waals surface area contributed by atoms with Gasteiger partial charge >= 0.3 is 0 Å². The van der Waals surface area contributed by atoms with Crippen LogP contribution in [0.1, 0.15) is 29.8 Å². The molecule has 0 unspecified atom stereocenters. The zero-order valence-corrected chi connectivity index (χ0v) is 12.3. The molecule has 1 fully saturated rings. The van der Waals surface area contributed by atoms with Crippen LogP contribution in [0.5, 0.6) is 5.75 Å². The van der Waals surface area contributed by atoms with Gasteiger partial charge in [-0.3, -0.25) is 9.59 Å². The first-order valence-corrected chi connectivity index (χ1v) is 7.32. The van der Waals surface area contributed by atoms with Crippen LogP contribution in [-0.4, -0.2) is 33.0 Å². The van der Waals surface area contributed by atoms with Crippen molar-refractivity contribution in [1.82, 2.24) is 15.1 Å². The number of hydrogen-bond donors (Lipinski definition) is 2. The van der Waals surface area contributed by atoms with E-state index in [2.05, 4.69) is 10.4 Å². The van der Waals surface area contributed by atoms with E-state index in [1.165, 1.54) is 0 Å². The normalized spacial score (nSPS) is 15.7. The molecule has 1 aliphatic rings. The summed E-state index contributed by atoms with van der Waals surface area (Å²) in [6.07, 6.45) is 1.94. The molecule has 120 valence electrons. The second-order valence-electron chi connectivity index (χ2n) is 5.69. The maximum absolute atomic E-state index is 13.1. The third-order valence-electron chi connectivity index (χ3n) is 4.07. The smallest absolute Gasteiger partial charge is 0.276 e. The van der Waals surface area contributed by atoms with Crippen LogP contribution < -0.4 is 10.9 Å². The zero-order valence-electron chi connectivity index (χ0n) is 12.3. The number of nitrogens with zero attached hydrogens (tertiary/aromatic N) is 2. The van der Waals surface area contributed by atoms with Crippen LogP contribution in [0.3, 0.4) is 0 Å². The van der Waals surface area contributed by atoms with E-state index in [1.54, 1.807) is 30.3 Å². The number of carbonyl (C=O) groups excluding carboxylic acids is 1. The van der Waals surface area contributed by atoms with Crippen molar-refractivity contribution in [2.24, 2.45) is 0 Å². The highest BCUT2D eigenvalue weighted by atomic mass is 19.1. The summed E-state index contributed by atoms with van der Waals surface area (Å²) in [6, 6.07) is 9.47. The highest BCUT2D eigenvalue weighted by molar-refractivity contribution is 5.95. The highest BCUT2D eigenvalue weighted by Crippen LogP contribution is 2.32. The molecular formula is C16H16FN3O3. The molecule has 2 aromatic rings. The minimum Gasteiger partial charge on any atom is -0.505 e. The molecule has 1 aromatic carbocycles. The third-order valence-corrected chi connectivity index (χ3v) is 4.07. The van der Waals surface area contributed by atoms with Gasteiger partial charge in [-0.05, 0) is 31.4 Å². The lowest BCUT2D eigenvalue weighted by molar-refractivity contribution is 0.0764. The first kappa shape index (κ1) is 15.2. The van der Waals surface area contributed by atoms with Gasteiger partial charge in [0.25, 0.3) is 11.5 Å². The highest BCUT2D eigenvalue weighted by Gasteiger charge is 2.39. The third kappa shape index (κ3) is 2.81. The van der Waals surface area contributed by atoms with E-state index in [0.717, 1.165) is 17.2 Å². The fourth-order valence-electron chi connectivity index (χ4n) is 2.56. The van der Waals surface area contributed by atoms with Gasteiger partial charge in [0.1, 0.15) is 6.67 Å². The first-order chi connectivity index (χ1) is 11.0. The maximum Gasteiger partial charge on any atom is 0.276 e. The predicted octanol–water partition coefficient (Wildman–Crippen LogP) is 1.56. The number of benzene rings is 1. The Kier molecular flexibility index (Phi) is 3.85. The van der Waals surface area contributed by atoms with E-state index in [9.17, 15) is 19.1 Å². The van der Waals surface area contributed by atoms with Gasteiger partial charge in [-0.2, -0.15) is 9.78 Å². The average Bonchev–Trinajstić information content (AvgIpc) is 2.51. The van der Waals surface area contributed by atoms with Crippen LogP contribution in [0.2, 0.25) is 0 Å². The quantitative estimate of drug-likeness (QED) is 0.896. The number of aromatic nitrogens is 2. The van der Waals surface area contributed by atoms with Gasteiger partial charge < -0.3 is 10.4 Å². The van der Waals surface area contributed by atoms with Gasteiger partial charge in [-0.15, -0.1) is 0 Å². The first-order valence-electron chi connectivity index (χ1n) is 7.32. The van der Waals surface area contributed by atoms with Crippen LogP contribution in [0.4, 0.5) is 4.39 Å². The molecule has 0 bridgehead atoms. The Hall–Kier alpha value is -2.70. The molecule has 23 heavy (non-hydrogen) atoms. The molecule has 1 aromatic heterocycles. The van der Waals surface area contributed by atoms with Gasteiger partial charge in [-0.1, -0.05) is 18.2 Å². The summed E-state index contributed by atoms with van der Waals surface area (Å²) in [4.78, 5) is 24.3. The Morgan fingerprint density at radius 2 is 2.04 bits per heavy atom. The second-order valence-corrected chi connectivity index (χ2v) is 5.69. The molecule has 1 heterocycles. The Labute approximate surface area is 131 Å². The molecule has 3 rings (SSSR count). The van der Waals surface area contributed by atoms with Crippen LogP contribution in [0, 0.1) is 0 Å². The molecule has 0 spiro atoms. The number of para-hydroxylation sites is 1. The Balaban J connectivity index is 1.96. The lowest BCUT2D eigenvalue weighted by atomic mass is 9.78. The molecule has 0 saturated heterocycles. The molecule has 0 atom stereocenters. The van der Waals surface area contributed by atoms with Gasteiger partial charge in [0.15, 0.2) is 11.4 Å². The van der Waals surface area contributed by atoms with Gasteiger partial charge in [0.2, 0.25) is 0 Å². The summed E-state index contributed by atoms with van der Waals surface area (Å²) < 4.78 is 14.2. The Morgan fingerprint density at radius 1 is 1.35 bits per heavy atom. The van der Waals surface area contributed by atoms with Crippen LogP contribution in [-0.2, 0) is 0 Å². The van der Waals surface area contributed by atoms with Crippen molar-refractivity contribution in [3.05, 3.63) is 52.4 Å². The average molecular weight is 317 g/mol. The van der Waals surface area contributed by atoms with Crippen molar-refractivity contribution in [2.45, 2.75) is 24.8 Å². The standard InChI is InChI=1S/C16H16FN3O3/c17-10-16(7-4-8-16)18-15(23)14-12(21)9-13(22)20(19-14)11-5-2-1-3-6-11/h1-3,5-6,9,21H,4,7-8,10H2,(H,18,23). The van der Waals surface area contributed by atoms with Gasteiger partial charge in [0.05, 0.1) is 11.2 Å². The lowest BCUT2D eigenvalue weighted by Gasteiger charge is -2.39. The Morgan fingerprint density at radius 3 is 2.61 bits per heavy atom. The SMILES string of the molecule is O=C(NC1(CF)CCC1)c1nn(-c2ccccc2)c(=O)cc1O. The van der Waals surface area contributed by atoms with Crippen molar-refractivity contribution >= 4 is 5.91 Å². The fraction of sp³-hybridized carbons (Fsp3) is 0.312. The van der Waals surface area contributed by atoms with E-state index in [1.807, 2.05) is 0 Å². The number of rotatable bonds is 4. The molecule has 1 amide bonds. The number of hydrogen-bond acceptors (Lipinski definition) is 4. The van der Waals surface area contributed by atoms with Crippen molar-refractivity contribution < 1.29 is 14.3 Å². The Bertz CT molecular complexity index is 779. The number of amides is 1. The molecule has 2 N–H and O–H groups in total. The molecule has 0 radical (unpaired) electrons. The van der Waals surface area contributed by atoms with Crippen LogP contribution >= 0.6 is 0 Å². The van der Waals surface area contributed by atoms with Crippen LogP contribution in [0.25, 0.3) is 5.69 Å². The largest absolute Gasteiger partial charge is 0.505 e. The number of nitrogens with one attached hydrogen (secondary N) is 1. The van der Waals surface area contributed by atoms with E-state index in [-0.39, 0.29) is 5.69 Å². The summed E-state index contributed by atoms with van der Waals surface area (Å²) in [6.45, 7) is -0.669. The molecular weight excluding hydrogens is 301 g/mol. The number of halogens is 1. The molecule has 7 heteroatoms. The number of carbonyl (C=O) groups is 1. The zero-order chi connectivity index (χ0) is 16.4. The number of aromatic hydroxyl groups is 1.